The van der Waals surface area contributed by atoms with Crippen LogP contribution in [0.3, 0.4) is 0 Å². The summed E-state index contributed by atoms with van der Waals surface area (Å²) in [6, 6.07) is 9.79. The normalized spacial score (nSPS) is 24.1. The van der Waals surface area contributed by atoms with Crippen molar-refractivity contribution in [2.45, 2.75) is 50.7 Å². The quantitative estimate of drug-likeness (QED) is 0.858. The number of hydrogen-bond donors (Lipinski definition) is 2. The van der Waals surface area contributed by atoms with Crippen molar-refractivity contribution >= 4 is 11.9 Å². The monoisotopic (exact) mass is 345 g/mol. The van der Waals surface area contributed by atoms with Gasteiger partial charge in [0.05, 0.1) is 6.04 Å². The Morgan fingerprint density at radius 1 is 1.12 bits per heavy atom. The van der Waals surface area contributed by atoms with Gasteiger partial charge in [-0.15, -0.1) is 0 Å². The Kier molecular flexibility index (Phi) is 5.79. The maximum absolute atomic E-state index is 12.5. The molecule has 6 nitrogen and oxygen atoms in total. The number of primary amides is 1. The topological polar surface area (TPSA) is 84.7 Å². The minimum absolute atomic E-state index is 0.0221. The summed E-state index contributed by atoms with van der Waals surface area (Å²) in [5.41, 5.74) is 5.26. The molecule has 25 heavy (non-hydrogen) atoms. The summed E-state index contributed by atoms with van der Waals surface area (Å²) in [5.74, 6) is 0.901. The number of carbonyl (C=O) groups is 2. The van der Waals surface area contributed by atoms with Crippen LogP contribution in [0.4, 0.5) is 4.79 Å². The van der Waals surface area contributed by atoms with Crippen LogP contribution in [0.25, 0.3) is 0 Å². The van der Waals surface area contributed by atoms with Crippen LogP contribution in [0.5, 0.6) is 5.75 Å². The van der Waals surface area contributed by atoms with Gasteiger partial charge in [0.2, 0.25) is 5.91 Å². The molecule has 3 N–H and O–H groups in total. The van der Waals surface area contributed by atoms with Crippen molar-refractivity contribution in [3.05, 3.63) is 30.3 Å². The first-order chi connectivity index (χ1) is 12.1. The van der Waals surface area contributed by atoms with Gasteiger partial charge in [-0.3, -0.25) is 4.79 Å². The first kappa shape index (κ1) is 17.6. The number of carbonyl (C=O) groups excluding carboxylic acids is 2. The van der Waals surface area contributed by atoms with E-state index in [2.05, 4.69) is 5.32 Å². The number of nitrogens with two attached hydrogens (primary N) is 1. The average molecular weight is 345 g/mol. The Morgan fingerprint density at radius 2 is 1.84 bits per heavy atom. The molecule has 2 atom stereocenters. The van der Waals surface area contributed by atoms with Crippen LogP contribution in [-0.4, -0.2) is 42.1 Å². The first-order valence-corrected chi connectivity index (χ1v) is 9.17. The molecule has 1 saturated heterocycles. The molecule has 0 aromatic heterocycles. The van der Waals surface area contributed by atoms with Crippen molar-refractivity contribution in [1.29, 1.82) is 0 Å². The van der Waals surface area contributed by atoms with Crippen molar-refractivity contribution in [1.82, 2.24) is 10.2 Å². The van der Waals surface area contributed by atoms with Crippen molar-refractivity contribution in [3.63, 3.8) is 0 Å². The smallest absolute Gasteiger partial charge is 0.317 e. The second-order valence-electron chi connectivity index (χ2n) is 7.06. The molecule has 3 amide bonds. The van der Waals surface area contributed by atoms with Gasteiger partial charge in [0.15, 0.2) is 0 Å². The summed E-state index contributed by atoms with van der Waals surface area (Å²) in [7, 11) is 0. The van der Waals surface area contributed by atoms with Gasteiger partial charge in [-0.1, -0.05) is 18.2 Å². The SMILES string of the molecule is NC(=O)CC1CCN(C(=O)N[C@H]2CCC[C@@H]2Oc2ccccc2)CC1. The van der Waals surface area contributed by atoms with E-state index in [1.54, 1.807) is 0 Å². The van der Waals surface area contributed by atoms with Gasteiger partial charge in [-0.2, -0.15) is 0 Å². The third-order valence-electron chi connectivity index (χ3n) is 5.18. The van der Waals surface area contributed by atoms with Crippen LogP contribution in [-0.2, 0) is 4.79 Å². The Bertz CT molecular complexity index is 585. The molecule has 0 spiro atoms. The largest absolute Gasteiger partial charge is 0.488 e. The summed E-state index contributed by atoms with van der Waals surface area (Å²) in [6.45, 7) is 1.36. The maximum Gasteiger partial charge on any atom is 0.317 e. The highest BCUT2D eigenvalue weighted by molar-refractivity contribution is 5.75. The highest BCUT2D eigenvalue weighted by atomic mass is 16.5. The molecule has 2 fully saturated rings. The lowest BCUT2D eigenvalue weighted by molar-refractivity contribution is -0.119. The lowest BCUT2D eigenvalue weighted by Gasteiger charge is -2.33. The summed E-state index contributed by atoms with van der Waals surface area (Å²) >= 11 is 0. The van der Waals surface area contributed by atoms with Gasteiger partial charge in [0.25, 0.3) is 0 Å². The standard InChI is InChI=1S/C19H27N3O3/c20-18(23)13-14-9-11-22(12-10-14)19(24)21-16-7-4-8-17(16)25-15-5-2-1-3-6-15/h1-3,5-6,14,16-17H,4,7-13H2,(H2,20,23)(H,21,24)/t16-,17-/m0/s1. The lowest BCUT2D eigenvalue weighted by Crippen LogP contribution is -2.50. The van der Waals surface area contributed by atoms with Crippen molar-refractivity contribution in [2.75, 3.05) is 13.1 Å². The van der Waals surface area contributed by atoms with E-state index in [1.165, 1.54) is 0 Å². The van der Waals surface area contributed by atoms with Gasteiger partial charge in [0.1, 0.15) is 11.9 Å². The molecule has 1 saturated carbocycles. The van der Waals surface area contributed by atoms with E-state index in [9.17, 15) is 9.59 Å². The van der Waals surface area contributed by atoms with Crippen LogP contribution >= 0.6 is 0 Å². The fourth-order valence-electron chi connectivity index (χ4n) is 3.78. The number of hydrogen-bond acceptors (Lipinski definition) is 3. The van der Waals surface area contributed by atoms with E-state index in [4.69, 9.17) is 10.5 Å². The molecule has 1 heterocycles. The number of para-hydroxylation sites is 1. The van der Waals surface area contributed by atoms with Crippen LogP contribution in [0.1, 0.15) is 38.5 Å². The van der Waals surface area contributed by atoms with Crippen LogP contribution in [0.15, 0.2) is 30.3 Å². The summed E-state index contributed by atoms with van der Waals surface area (Å²) in [5, 5.41) is 3.14. The number of ether oxygens (including phenoxy) is 1. The molecular formula is C19H27N3O3. The third kappa shape index (κ3) is 4.87. The fourth-order valence-corrected chi connectivity index (χ4v) is 3.78. The average Bonchev–Trinajstić information content (AvgIpc) is 3.02. The maximum atomic E-state index is 12.5. The van der Waals surface area contributed by atoms with Gasteiger partial charge < -0.3 is 20.7 Å². The van der Waals surface area contributed by atoms with E-state index in [-0.39, 0.29) is 24.1 Å². The number of urea groups is 1. The number of piperidine rings is 1. The molecule has 0 unspecified atom stereocenters. The fraction of sp³-hybridized carbons (Fsp3) is 0.579. The molecule has 136 valence electrons. The molecule has 6 heteroatoms. The first-order valence-electron chi connectivity index (χ1n) is 9.17. The molecule has 1 aliphatic heterocycles. The van der Waals surface area contributed by atoms with Crippen molar-refractivity contribution < 1.29 is 14.3 Å². The van der Waals surface area contributed by atoms with E-state index >= 15 is 0 Å². The number of likely N-dealkylation sites (tertiary alicyclic amines) is 1. The molecular weight excluding hydrogens is 318 g/mol. The molecule has 1 aromatic rings. The van der Waals surface area contributed by atoms with Crippen LogP contribution in [0.2, 0.25) is 0 Å². The Morgan fingerprint density at radius 3 is 2.52 bits per heavy atom. The summed E-state index contributed by atoms with van der Waals surface area (Å²) in [4.78, 5) is 25.4. The van der Waals surface area contributed by atoms with E-state index < -0.39 is 0 Å². The number of amides is 3. The van der Waals surface area contributed by atoms with Gasteiger partial charge in [0, 0.05) is 19.5 Å². The number of benzene rings is 1. The number of nitrogens with one attached hydrogen (secondary N) is 1. The molecule has 0 bridgehead atoms. The van der Waals surface area contributed by atoms with E-state index in [0.717, 1.165) is 37.9 Å². The zero-order valence-corrected chi connectivity index (χ0v) is 14.5. The molecule has 0 radical (unpaired) electrons. The minimum atomic E-state index is -0.255. The predicted molar refractivity (Wildman–Crippen MR) is 95.1 cm³/mol. The molecule has 2 aliphatic rings. The molecule has 1 aliphatic carbocycles. The van der Waals surface area contributed by atoms with Crippen molar-refractivity contribution in [3.8, 4) is 5.75 Å². The molecule has 1 aromatic carbocycles. The van der Waals surface area contributed by atoms with Gasteiger partial charge in [-0.25, -0.2) is 4.79 Å². The Balaban J connectivity index is 1.48. The Hall–Kier alpha value is -2.24. The zero-order valence-electron chi connectivity index (χ0n) is 14.5. The summed E-state index contributed by atoms with van der Waals surface area (Å²) < 4.78 is 6.05. The Labute approximate surface area is 148 Å². The highest BCUT2D eigenvalue weighted by Crippen LogP contribution is 2.25. The van der Waals surface area contributed by atoms with Gasteiger partial charge in [-0.05, 0) is 50.2 Å². The van der Waals surface area contributed by atoms with Crippen molar-refractivity contribution in [2.24, 2.45) is 11.7 Å². The zero-order chi connectivity index (χ0) is 17.6. The highest BCUT2D eigenvalue weighted by Gasteiger charge is 2.32. The van der Waals surface area contributed by atoms with Gasteiger partial charge >= 0.3 is 6.03 Å². The third-order valence-corrected chi connectivity index (χ3v) is 5.18. The second kappa shape index (κ2) is 8.23. The number of rotatable bonds is 5. The van der Waals surface area contributed by atoms with Crippen LogP contribution in [0, 0.1) is 5.92 Å². The number of nitrogens with zero attached hydrogens (tertiary/aromatic N) is 1. The molecule has 3 rings (SSSR count). The van der Waals surface area contributed by atoms with Crippen LogP contribution < -0.4 is 15.8 Å². The minimum Gasteiger partial charge on any atom is -0.488 e. The lowest BCUT2D eigenvalue weighted by atomic mass is 9.93. The predicted octanol–water partition coefficient (Wildman–Crippen LogP) is 2.28. The second-order valence-corrected chi connectivity index (χ2v) is 7.06. The summed E-state index contributed by atoms with van der Waals surface area (Å²) in [6.07, 6.45) is 5.09. The van der Waals surface area contributed by atoms with E-state index in [0.29, 0.717) is 25.4 Å². The van der Waals surface area contributed by atoms with E-state index in [1.807, 2.05) is 35.2 Å².